The average molecular weight is 574 g/mol. The maximum absolute atomic E-state index is 12.8. The summed E-state index contributed by atoms with van der Waals surface area (Å²) in [6, 6.07) is 0. The van der Waals surface area contributed by atoms with Gasteiger partial charge in [-0.1, -0.05) is 27.2 Å². The Labute approximate surface area is 247 Å². The van der Waals surface area contributed by atoms with Crippen molar-refractivity contribution in [1.82, 2.24) is 15.1 Å². The first-order valence-electron chi connectivity index (χ1n) is 16.7. The molecule has 2 saturated heterocycles. The number of carbonyl (C=O) groups excluding carboxylic acids is 2. The first-order valence-corrected chi connectivity index (χ1v) is 16.7. The number of aliphatic hydroxyl groups is 1. The molecule has 0 aromatic carbocycles. The van der Waals surface area contributed by atoms with Gasteiger partial charge in [0.2, 0.25) is 0 Å². The first-order chi connectivity index (χ1) is 19.5. The number of nitrogens with zero attached hydrogens (tertiary/aromatic N) is 2. The van der Waals surface area contributed by atoms with Crippen LogP contribution in [-0.4, -0.2) is 83.7 Å². The van der Waals surface area contributed by atoms with E-state index in [1.165, 1.54) is 52.4 Å². The fourth-order valence-corrected chi connectivity index (χ4v) is 11.9. The summed E-state index contributed by atoms with van der Waals surface area (Å²) in [5.41, 5.74) is -0.158. The van der Waals surface area contributed by atoms with E-state index < -0.39 is 23.4 Å². The van der Waals surface area contributed by atoms with Gasteiger partial charge in [-0.3, -0.25) is 19.4 Å². The quantitative estimate of drug-likeness (QED) is 0.383. The van der Waals surface area contributed by atoms with E-state index in [0.29, 0.717) is 30.2 Å². The lowest BCUT2D eigenvalue weighted by Crippen LogP contribution is -2.82. The zero-order chi connectivity index (χ0) is 29.2. The van der Waals surface area contributed by atoms with Crippen LogP contribution in [0.4, 0.5) is 0 Å². The highest BCUT2D eigenvalue weighted by atomic mass is 16.7. The van der Waals surface area contributed by atoms with Gasteiger partial charge < -0.3 is 19.9 Å². The molecular formula is C33H55N3O5. The van der Waals surface area contributed by atoms with E-state index in [2.05, 4.69) is 35.9 Å². The number of β-amino-alcohol motifs (C(OH)–C–C–N with tert-alkyl or cyclic N) is 1. The molecule has 6 aliphatic rings. The predicted octanol–water partition coefficient (Wildman–Crippen LogP) is 4.16. The van der Waals surface area contributed by atoms with Gasteiger partial charge in [0.25, 0.3) is 5.79 Å². The van der Waals surface area contributed by atoms with Gasteiger partial charge in [0.05, 0.1) is 18.2 Å². The van der Waals surface area contributed by atoms with Crippen LogP contribution in [0.2, 0.25) is 0 Å². The number of piperidine rings is 1. The van der Waals surface area contributed by atoms with Gasteiger partial charge in [-0.15, -0.1) is 0 Å². The molecule has 6 fully saturated rings. The van der Waals surface area contributed by atoms with Crippen LogP contribution in [0.15, 0.2) is 0 Å². The van der Waals surface area contributed by atoms with Crippen LogP contribution in [0.1, 0.15) is 98.8 Å². The Hall–Kier alpha value is -1.22. The number of fused-ring (bicyclic) bond motifs is 5. The molecule has 41 heavy (non-hydrogen) atoms. The molecule has 8 heteroatoms. The van der Waals surface area contributed by atoms with Crippen molar-refractivity contribution in [3.63, 3.8) is 0 Å². The molecule has 6 rings (SSSR count). The molecule has 2 aliphatic heterocycles. The van der Waals surface area contributed by atoms with Crippen molar-refractivity contribution in [3.8, 4) is 0 Å². The fraction of sp³-hybridized carbons (Fsp3) is 0.939. The molecular weight excluding hydrogens is 518 g/mol. The summed E-state index contributed by atoms with van der Waals surface area (Å²) in [5.74, 6) is -0.0303. The number of hydrogen-bond donors (Lipinski definition) is 2. The molecule has 2 heterocycles. The smallest absolute Gasteiger partial charge is 0.305 e. The van der Waals surface area contributed by atoms with Crippen LogP contribution >= 0.6 is 0 Å². The molecule has 0 radical (unpaired) electrons. The lowest BCUT2D eigenvalue weighted by molar-refractivity contribution is -0.350. The van der Waals surface area contributed by atoms with Crippen molar-refractivity contribution in [2.45, 2.75) is 116 Å². The molecule has 6 unspecified atom stereocenters. The number of ether oxygens (including phenoxy) is 2. The molecule has 4 saturated carbocycles. The van der Waals surface area contributed by atoms with Gasteiger partial charge in [0, 0.05) is 64.4 Å². The third-order valence-corrected chi connectivity index (χ3v) is 13.4. The van der Waals surface area contributed by atoms with Gasteiger partial charge in [-0.05, 0) is 80.5 Å². The molecule has 0 aromatic heterocycles. The summed E-state index contributed by atoms with van der Waals surface area (Å²) in [6.07, 6.45) is 10.6. The molecule has 2 N–H and O–H groups in total. The highest BCUT2D eigenvalue weighted by molar-refractivity contribution is 5.69. The van der Waals surface area contributed by atoms with E-state index in [1.807, 2.05) is 0 Å². The van der Waals surface area contributed by atoms with E-state index in [9.17, 15) is 14.7 Å². The predicted molar refractivity (Wildman–Crippen MR) is 157 cm³/mol. The van der Waals surface area contributed by atoms with Crippen LogP contribution in [-0.2, 0) is 19.1 Å². The molecule has 9 atom stereocenters. The zero-order valence-corrected chi connectivity index (χ0v) is 26.3. The Balaban J connectivity index is 1.56. The molecule has 4 aliphatic carbocycles. The van der Waals surface area contributed by atoms with Gasteiger partial charge in [-0.2, -0.15) is 0 Å². The number of piperazine rings is 1. The van der Waals surface area contributed by atoms with Crippen molar-refractivity contribution in [2.75, 3.05) is 39.3 Å². The molecule has 0 spiro atoms. The van der Waals surface area contributed by atoms with E-state index >= 15 is 0 Å². The summed E-state index contributed by atoms with van der Waals surface area (Å²) in [6.45, 7) is 15.3. The van der Waals surface area contributed by atoms with E-state index in [1.54, 1.807) is 0 Å². The number of aliphatic hydroxyl groups excluding tert-OH is 1. The van der Waals surface area contributed by atoms with Crippen molar-refractivity contribution in [1.29, 1.82) is 0 Å². The molecule has 232 valence electrons. The monoisotopic (exact) mass is 573 g/mol. The lowest BCUT2D eigenvalue weighted by Gasteiger charge is -2.74. The van der Waals surface area contributed by atoms with E-state index in [-0.39, 0.29) is 23.4 Å². The number of carbonyl (C=O) groups is 2. The number of nitrogens with one attached hydrogen (secondary N) is 1. The topological polar surface area (TPSA) is 91.3 Å². The van der Waals surface area contributed by atoms with Crippen LogP contribution in [0.25, 0.3) is 0 Å². The maximum atomic E-state index is 12.8. The average Bonchev–Trinajstić information content (AvgIpc) is 3.32. The molecule has 0 aromatic rings. The van der Waals surface area contributed by atoms with Gasteiger partial charge in [-0.25, -0.2) is 0 Å². The number of hydrogen-bond acceptors (Lipinski definition) is 8. The standard InChI is InChI=1S/C33H55N3O5/c1-22-27-11-10-26-28-9-6-13-30(28,4)14-12-29(26)31(27,5)33(35-18-15-34-16-19-35,36-17-7-8-25(39)20-36)21-32(22,40-23(2)37)41-24(3)38/h22,25-29,34,39H,6-21H2,1-5H3/t22?,25-,26?,27?,28?,29?,30+,31+,33?/m1/s1. The Morgan fingerprint density at radius 3 is 2.20 bits per heavy atom. The third-order valence-electron chi connectivity index (χ3n) is 13.4. The normalized spacial score (nSPS) is 46.6. The Morgan fingerprint density at radius 2 is 1.54 bits per heavy atom. The fourth-order valence-electron chi connectivity index (χ4n) is 11.9. The molecule has 0 bridgehead atoms. The summed E-state index contributed by atoms with van der Waals surface area (Å²) in [5, 5.41) is 14.7. The van der Waals surface area contributed by atoms with Crippen molar-refractivity contribution < 1.29 is 24.2 Å². The molecule has 0 amide bonds. The van der Waals surface area contributed by atoms with Crippen LogP contribution in [0, 0.1) is 40.4 Å². The number of esters is 2. The number of rotatable bonds is 4. The highest BCUT2D eigenvalue weighted by Crippen LogP contribution is 2.72. The summed E-state index contributed by atoms with van der Waals surface area (Å²) in [4.78, 5) is 30.8. The Kier molecular flexibility index (Phi) is 7.82. The van der Waals surface area contributed by atoms with Crippen molar-refractivity contribution >= 4 is 11.9 Å². The van der Waals surface area contributed by atoms with Crippen LogP contribution in [0.5, 0.6) is 0 Å². The second kappa shape index (κ2) is 10.7. The minimum atomic E-state index is -1.33. The second-order valence-corrected chi connectivity index (χ2v) is 15.2. The van der Waals surface area contributed by atoms with E-state index in [0.717, 1.165) is 57.9 Å². The van der Waals surface area contributed by atoms with Crippen molar-refractivity contribution in [2.24, 2.45) is 40.4 Å². The minimum Gasteiger partial charge on any atom is -0.422 e. The van der Waals surface area contributed by atoms with Gasteiger partial charge >= 0.3 is 11.9 Å². The summed E-state index contributed by atoms with van der Waals surface area (Å²) < 4.78 is 12.5. The van der Waals surface area contributed by atoms with Crippen LogP contribution in [0.3, 0.4) is 0 Å². The van der Waals surface area contributed by atoms with Gasteiger partial charge in [0.1, 0.15) is 0 Å². The summed E-state index contributed by atoms with van der Waals surface area (Å²) in [7, 11) is 0. The molecule has 8 nitrogen and oxygen atoms in total. The van der Waals surface area contributed by atoms with Crippen molar-refractivity contribution in [3.05, 3.63) is 0 Å². The van der Waals surface area contributed by atoms with E-state index in [4.69, 9.17) is 9.47 Å². The minimum absolute atomic E-state index is 0.114. The lowest BCUT2D eigenvalue weighted by atomic mass is 9.40. The first kappa shape index (κ1) is 29.8. The van der Waals surface area contributed by atoms with Crippen LogP contribution < -0.4 is 5.32 Å². The Morgan fingerprint density at radius 1 is 0.829 bits per heavy atom. The number of likely N-dealkylation sites (tertiary alicyclic amines) is 1. The van der Waals surface area contributed by atoms with Gasteiger partial charge in [0.15, 0.2) is 0 Å². The Bertz CT molecular complexity index is 1000. The maximum Gasteiger partial charge on any atom is 0.305 e. The summed E-state index contributed by atoms with van der Waals surface area (Å²) >= 11 is 0. The second-order valence-electron chi connectivity index (χ2n) is 15.2. The highest BCUT2D eigenvalue weighted by Gasteiger charge is 2.75. The third kappa shape index (κ3) is 4.52. The zero-order valence-electron chi connectivity index (χ0n) is 26.3. The SMILES string of the molecule is CC(=O)OC1(OC(C)=O)CC(N2CCNCC2)(N2CCC[C@@H](O)C2)[C@]2(C)C3CC[C@]4(C)CCCC4C3CCC2C1C. The largest absolute Gasteiger partial charge is 0.422 e.